The van der Waals surface area contributed by atoms with Gasteiger partial charge in [0.25, 0.3) is 0 Å². The molecule has 0 aliphatic heterocycles. The van der Waals surface area contributed by atoms with Crippen LogP contribution < -0.4 is 16.6 Å². The number of nitrogens with one attached hydrogen (secondary N) is 2. The van der Waals surface area contributed by atoms with E-state index in [4.69, 9.17) is 5.84 Å². The van der Waals surface area contributed by atoms with Crippen molar-refractivity contribution in [3.05, 3.63) is 0 Å². The first kappa shape index (κ1) is 16.2. The number of nitrogens with two attached hydrogens (primary N) is 1. The molecule has 100 valence electrons. The van der Waals surface area contributed by atoms with Crippen LogP contribution >= 0.6 is 0 Å². The van der Waals surface area contributed by atoms with Crippen molar-refractivity contribution in [2.75, 3.05) is 6.54 Å². The van der Waals surface area contributed by atoms with Crippen molar-refractivity contribution < 1.29 is 9.59 Å². The van der Waals surface area contributed by atoms with Gasteiger partial charge in [0.1, 0.15) is 5.78 Å². The van der Waals surface area contributed by atoms with E-state index in [1.54, 1.807) is 6.92 Å². The summed E-state index contributed by atoms with van der Waals surface area (Å²) in [6, 6.07) is -0.618. The quantitative estimate of drug-likeness (QED) is 0.403. The van der Waals surface area contributed by atoms with Crippen LogP contribution in [-0.4, -0.2) is 30.2 Å². The number of carbonyl (C=O) groups is 2. The van der Waals surface area contributed by atoms with Crippen LogP contribution in [0.15, 0.2) is 0 Å². The van der Waals surface area contributed by atoms with Crippen molar-refractivity contribution in [1.82, 2.24) is 10.7 Å². The second kappa shape index (κ2) is 8.33. The summed E-state index contributed by atoms with van der Waals surface area (Å²) in [5.41, 5.74) is 2.53. The maximum atomic E-state index is 11.8. The van der Waals surface area contributed by atoms with Crippen molar-refractivity contribution in [3.63, 3.8) is 0 Å². The van der Waals surface area contributed by atoms with Crippen LogP contribution in [0.5, 0.6) is 0 Å². The number of hydrogen-bond donors (Lipinski definition) is 3. The zero-order valence-corrected chi connectivity index (χ0v) is 11.2. The number of Topliss-reactive ketones (excluding diaryl/α,β-unsaturated/α-hetero) is 2. The summed E-state index contributed by atoms with van der Waals surface area (Å²) in [4.78, 5) is 23.1. The molecule has 0 heterocycles. The van der Waals surface area contributed by atoms with E-state index in [0.717, 1.165) is 0 Å². The van der Waals surface area contributed by atoms with Crippen molar-refractivity contribution >= 4 is 11.6 Å². The maximum absolute atomic E-state index is 11.8. The molecule has 5 heteroatoms. The molecule has 4 N–H and O–H groups in total. The minimum atomic E-state index is -0.341. The predicted molar refractivity (Wildman–Crippen MR) is 68.3 cm³/mol. The lowest BCUT2D eigenvalue weighted by Crippen LogP contribution is -2.48. The highest BCUT2D eigenvalue weighted by atomic mass is 16.1. The van der Waals surface area contributed by atoms with E-state index in [1.165, 1.54) is 0 Å². The first-order valence-electron chi connectivity index (χ1n) is 6.17. The fraction of sp³-hybridized carbons (Fsp3) is 0.833. The summed E-state index contributed by atoms with van der Waals surface area (Å²) in [5, 5.41) is 2.93. The Morgan fingerprint density at radius 3 is 2.18 bits per heavy atom. The third-order valence-corrected chi connectivity index (χ3v) is 2.71. The van der Waals surface area contributed by atoms with Gasteiger partial charge in [-0.05, 0) is 19.3 Å². The van der Waals surface area contributed by atoms with Crippen LogP contribution in [0.2, 0.25) is 0 Å². The second-order valence-electron chi connectivity index (χ2n) is 4.74. The lowest BCUT2D eigenvalue weighted by molar-refractivity contribution is -0.122. The van der Waals surface area contributed by atoms with Gasteiger partial charge >= 0.3 is 0 Å². The van der Waals surface area contributed by atoms with Gasteiger partial charge in [0.15, 0.2) is 5.78 Å². The predicted octanol–water partition coefficient (Wildman–Crippen LogP) is 0.391. The molecule has 0 aromatic rings. The maximum Gasteiger partial charge on any atom is 0.164 e. The molecule has 0 saturated carbocycles. The van der Waals surface area contributed by atoms with E-state index in [1.807, 2.05) is 20.8 Å². The molecule has 0 radical (unpaired) electrons. The SMILES string of the molecule is CCC(=O)[C@H](C)NCC(=O)[C@H](CC(C)C)NN. The molecule has 0 fully saturated rings. The molecule has 0 bridgehead atoms. The van der Waals surface area contributed by atoms with Crippen LogP contribution in [0.1, 0.15) is 40.5 Å². The van der Waals surface area contributed by atoms with E-state index in [2.05, 4.69) is 10.7 Å². The Kier molecular flexibility index (Phi) is 7.95. The number of hydrogen-bond acceptors (Lipinski definition) is 5. The van der Waals surface area contributed by atoms with Crippen LogP contribution in [0.3, 0.4) is 0 Å². The molecule has 0 aromatic carbocycles. The standard InChI is InChI=1S/C12H25N3O2/c1-5-11(16)9(4)14-7-12(17)10(15-13)6-8(2)3/h8-10,14-15H,5-7,13H2,1-4H3/t9-,10-/m0/s1. The molecule has 0 aromatic heterocycles. The third-order valence-electron chi connectivity index (χ3n) is 2.71. The Morgan fingerprint density at radius 2 is 1.76 bits per heavy atom. The largest absolute Gasteiger partial charge is 0.301 e. The zero-order chi connectivity index (χ0) is 13.4. The topological polar surface area (TPSA) is 84.2 Å². The fourth-order valence-electron chi connectivity index (χ4n) is 1.56. The minimum absolute atomic E-state index is 0.00282. The molecular formula is C12H25N3O2. The molecule has 2 atom stereocenters. The van der Waals surface area contributed by atoms with E-state index in [-0.39, 0.29) is 30.2 Å². The Morgan fingerprint density at radius 1 is 1.18 bits per heavy atom. The zero-order valence-electron chi connectivity index (χ0n) is 11.2. The first-order chi connectivity index (χ1) is 7.92. The summed E-state index contributed by atoms with van der Waals surface area (Å²) in [6.07, 6.45) is 1.18. The number of ketones is 2. The lowest BCUT2D eigenvalue weighted by Gasteiger charge is -2.18. The number of hydrazine groups is 1. The van der Waals surface area contributed by atoms with Crippen molar-refractivity contribution in [2.45, 2.75) is 52.6 Å². The molecule has 0 aliphatic rings. The smallest absolute Gasteiger partial charge is 0.164 e. The summed E-state index contributed by atoms with van der Waals surface area (Å²) in [6.45, 7) is 7.83. The molecular weight excluding hydrogens is 218 g/mol. The van der Waals surface area contributed by atoms with Gasteiger partial charge in [-0.25, -0.2) is 5.43 Å². The monoisotopic (exact) mass is 243 g/mol. The van der Waals surface area contributed by atoms with E-state index >= 15 is 0 Å². The van der Waals surface area contributed by atoms with Crippen LogP contribution in [0, 0.1) is 5.92 Å². The first-order valence-corrected chi connectivity index (χ1v) is 6.17. The van der Waals surface area contributed by atoms with Gasteiger partial charge in [0.05, 0.1) is 18.6 Å². The number of carbonyl (C=O) groups excluding carboxylic acids is 2. The van der Waals surface area contributed by atoms with Gasteiger partial charge in [-0.15, -0.1) is 0 Å². The molecule has 0 aliphatic carbocycles. The highest BCUT2D eigenvalue weighted by molar-refractivity contribution is 5.87. The molecule has 5 nitrogen and oxygen atoms in total. The lowest BCUT2D eigenvalue weighted by atomic mass is 10.0. The van der Waals surface area contributed by atoms with Gasteiger partial charge in [0, 0.05) is 6.42 Å². The summed E-state index contributed by atoms with van der Waals surface area (Å²) in [5.74, 6) is 5.85. The molecule has 0 unspecified atom stereocenters. The Balaban J connectivity index is 4.10. The van der Waals surface area contributed by atoms with Gasteiger partial charge < -0.3 is 5.32 Å². The van der Waals surface area contributed by atoms with Crippen LogP contribution in [0.4, 0.5) is 0 Å². The Hall–Kier alpha value is -0.780. The molecule has 17 heavy (non-hydrogen) atoms. The van der Waals surface area contributed by atoms with E-state index < -0.39 is 0 Å². The van der Waals surface area contributed by atoms with Gasteiger partial charge in [0.2, 0.25) is 0 Å². The highest BCUT2D eigenvalue weighted by Gasteiger charge is 2.19. The highest BCUT2D eigenvalue weighted by Crippen LogP contribution is 2.04. The van der Waals surface area contributed by atoms with Gasteiger partial charge in [-0.3, -0.25) is 15.4 Å². The van der Waals surface area contributed by atoms with Crippen molar-refractivity contribution in [3.8, 4) is 0 Å². The minimum Gasteiger partial charge on any atom is -0.301 e. The molecule has 0 rings (SSSR count). The third kappa shape index (κ3) is 6.51. The summed E-state index contributed by atoms with van der Waals surface area (Å²) >= 11 is 0. The van der Waals surface area contributed by atoms with E-state index in [9.17, 15) is 9.59 Å². The van der Waals surface area contributed by atoms with Gasteiger partial charge in [-0.1, -0.05) is 20.8 Å². The second-order valence-corrected chi connectivity index (χ2v) is 4.74. The molecule has 0 spiro atoms. The van der Waals surface area contributed by atoms with E-state index in [0.29, 0.717) is 18.8 Å². The molecule has 0 saturated heterocycles. The van der Waals surface area contributed by atoms with Gasteiger partial charge in [-0.2, -0.15) is 0 Å². The normalized spacial score (nSPS) is 14.7. The Bertz CT molecular complexity index is 254. The van der Waals surface area contributed by atoms with Crippen LogP contribution in [0.25, 0.3) is 0 Å². The van der Waals surface area contributed by atoms with Crippen molar-refractivity contribution in [1.29, 1.82) is 0 Å². The summed E-state index contributed by atoms with van der Waals surface area (Å²) in [7, 11) is 0. The number of rotatable bonds is 9. The van der Waals surface area contributed by atoms with Crippen LogP contribution in [-0.2, 0) is 9.59 Å². The summed E-state index contributed by atoms with van der Waals surface area (Å²) < 4.78 is 0. The fourth-order valence-corrected chi connectivity index (χ4v) is 1.56. The Labute approximate surface area is 103 Å². The van der Waals surface area contributed by atoms with Crippen molar-refractivity contribution in [2.24, 2.45) is 11.8 Å². The average Bonchev–Trinajstić information content (AvgIpc) is 2.30. The molecule has 0 amide bonds. The average molecular weight is 243 g/mol.